The molecule has 10 amide bonds. The highest BCUT2D eigenvalue weighted by molar-refractivity contribution is 6.04. The van der Waals surface area contributed by atoms with Crippen LogP contribution in [0.2, 0.25) is 0 Å². The molecule has 4 fully saturated rings. The van der Waals surface area contributed by atoms with Crippen molar-refractivity contribution >= 4 is 118 Å². The van der Waals surface area contributed by atoms with Crippen LogP contribution in [0.3, 0.4) is 0 Å². The van der Waals surface area contributed by atoms with Gasteiger partial charge in [0.05, 0.1) is 98.5 Å². The van der Waals surface area contributed by atoms with Gasteiger partial charge in [0.25, 0.3) is 23.6 Å². The number of benzene rings is 2. The smallest absolute Gasteiger partial charge is 0.463 e. The number of hydrogen-bond acceptors (Lipinski definition) is 41. The molecule has 0 aliphatic carbocycles. The number of amides is 10. The summed E-state index contributed by atoms with van der Waals surface area (Å²) in [4.78, 5) is 243. The topological polar surface area (TPSA) is 670 Å². The minimum Gasteiger partial charge on any atom is -0.463 e. The molecular weight excluding hydrogens is 1960 g/mol. The number of nitrogens with one attached hydrogen (secondary N) is 10. The van der Waals surface area contributed by atoms with Crippen molar-refractivity contribution < 1.29 is 209 Å². The zero-order valence-electron chi connectivity index (χ0n) is 83.2. The lowest BCUT2D eigenvalue weighted by Crippen LogP contribution is -2.63. The monoisotopic (exact) mass is 2090 g/mol. The lowest BCUT2D eigenvalue weighted by Gasteiger charge is -2.44. The van der Waals surface area contributed by atoms with Gasteiger partial charge in [0, 0.05) is 160 Å². The average Bonchev–Trinajstić information content (AvgIpc) is 0.792. The zero-order chi connectivity index (χ0) is 108. The second-order valence-electron chi connectivity index (χ2n) is 34.0. The number of hydrogen-bond donors (Lipinski definition) is 12. The van der Waals surface area contributed by atoms with Crippen molar-refractivity contribution in [2.75, 3.05) is 150 Å². The number of aliphatic hydroxyl groups excluding tert-OH is 2. The summed E-state index contributed by atoms with van der Waals surface area (Å²) in [6.07, 6.45) is -23.6. The van der Waals surface area contributed by atoms with E-state index in [1.165, 1.54) is 58.1 Å². The van der Waals surface area contributed by atoms with Gasteiger partial charge in [-0.3, -0.25) is 91.1 Å². The third-order valence-electron chi connectivity index (χ3n) is 22.1. The molecule has 4 aliphatic rings. The van der Waals surface area contributed by atoms with E-state index >= 15 is 0 Å². The van der Waals surface area contributed by atoms with Gasteiger partial charge in [0.15, 0.2) is 37.0 Å². The van der Waals surface area contributed by atoms with Gasteiger partial charge in [-0.2, -0.15) is 13.2 Å². The summed E-state index contributed by atoms with van der Waals surface area (Å²) in [7, 11) is 0. The first kappa shape index (κ1) is 122. The Bertz CT molecular complexity index is 4770. The number of alkyl halides is 3. The molecule has 0 aromatic heterocycles. The Kier molecular flexibility index (Phi) is 52.1. The Labute approximate surface area is 837 Å². The average molecular weight is 2090 g/mol. The van der Waals surface area contributed by atoms with Crippen LogP contribution in [0.4, 0.5) is 18.9 Å². The first-order valence-electron chi connectivity index (χ1n) is 46.7. The van der Waals surface area contributed by atoms with Gasteiger partial charge < -0.3 is 158 Å². The number of carbonyl (C=O) groups excluding carboxylic acids is 19. The number of aliphatic hydroxyl groups is 2. The second kappa shape index (κ2) is 62.1. The first-order chi connectivity index (χ1) is 69.0. The van der Waals surface area contributed by atoms with Crippen LogP contribution in [0.5, 0.6) is 0 Å². The van der Waals surface area contributed by atoms with Crippen molar-refractivity contribution in [3.05, 3.63) is 64.2 Å². The van der Waals surface area contributed by atoms with Crippen LogP contribution < -0.4 is 53.2 Å². The summed E-state index contributed by atoms with van der Waals surface area (Å²) in [6.45, 7) is 12.4. The molecule has 51 nitrogen and oxygen atoms in total. The molecule has 2 aromatic carbocycles. The SMILES string of the molecule is CC(=O)N[C@H]1C(OCCOCCNC(=O)c2cc(NC(=O)CNC(=O)[C@H](CCC(=O)NCC(=O)Cc3cc(C(=O)NCCOCCOC4O[C@H](COC(C)=O)[C@H](OC(C)=O)[C@H](OC(C)=O)[C@H]4C)cc(C(=O)NCCOCCOC4O[C@H](COC(C)=O)[C@H](C)[C@H](OC(C)=O)[C@H]4NC(C)=O)c3)NC(=O)C(F)(F)F)cc(C(=O)NCCOCCOC3O[C@H](COC(C)=O)[C@H](O)[C@H](O)[C@H]3C)c2)O[C@H](COC(C)=O)[C@H](C)[C@@H]1OC(C)=O. The third-order valence-corrected chi connectivity index (χ3v) is 22.1. The highest BCUT2D eigenvalue weighted by Crippen LogP contribution is 2.35. The molecule has 54 heteroatoms. The molecule has 0 saturated carbocycles. The van der Waals surface area contributed by atoms with E-state index in [1.54, 1.807) is 27.7 Å². The van der Waals surface area contributed by atoms with Gasteiger partial charge in [0.1, 0.15) is 93.4 Å². The van der Waals surface area contributed by atoms with Gasteiger partial charge in [-0.05, 0) is 48.4 Å². The molecule has 146 heavy (non-hydrogen) atoms. The summed E-state index contributed by atoms with van der Waals surface area (Å²) in [5, 5.41) is 45.0. The number of ketones is 1. The van der Waals surface area contributed by atoms with Crippen LogP contribution in [-0.4, -0.2) is 378 Å². The van der Waals surface area contributed by atoms with Crippen LogP contribution >= 0.6 is 0 Å². The molecule has 816 valence electrons. The molecule has 2 aromatic rings. The Morgan fingerprint density at radius 3 is 1.12 bits per heavy atom. The minimum absolute atomic E-state index is 0.0215. The molecule has 4 unspecified atom stereocenters. The van der Waals surface area contributed by atoms with Crippen LogP contribution in [0, 0.1) is 23.7 Å². The number of esters is 8. The fourth-order valence-corrected chi connectivity index (χ4v) is 15.1. The largest absolute Gasteiger partial charge is 0.471 e. The highest BCUT2D eigenvalue weighted by Gasteiger charge is 2.52. The van der Waals surface area contributed by atoms with Gasteiger partial charge in [0.2, 0.25) is 29.5 Å². The quantitative estimate of drug-likeness (QED) is 0.0188. The number of rotatable bonds is 58. The minimum atomic E-state index is -5.61. The van der Waals surface area contributed by atoms with Crippen molar-refractivity contribution in [2.45, 2.75) is 227 Å². The second-order valence-corrected chi connectivity index (χ2v) is 34.0. The maximum atomic E-state index is 13.9. The lowest BCUT2D eigenvalue weighted by atomic mass is 9.89. The fourth-order valence-electron chi connectivity index (χ4n) is 15.1. The van der Waals surface area contributed by atoms with E-state index in [-0.39, 0.29) is 159 Å². The maximum absolute atomic E-state index is 13.9. The first-order valence-corrected chi connectivity index (χ1v) is 46.7. The molecule has 21 atom stereocenters. The van der Waals surface area contributed by atoms with Crippen molar-refractivity contribution in [2.24, 2.45) is 23.7 Å². The summed E-state index contributed by atoms with van der Waals surface area (Å²) in [5.41, 5.74) is -1.15. The molecular formula is C92H131F3N10O41. The molecule has 0 bridgehead atoms. The van der Waals surface area contributed by atoms with E-state index in [0.717, 1.165) is 52.8 Å². The van der Waals surface area contributed by atoms with Gasteiger partial charge >= 0.3 is 59.8 Å². The van der Waals surface area contributed by atoms with Crippen LogP contribution in [-0.2, 0) is 173 Å². The molecule has 4 aliphatic heterocycles. The zero-order valence-corrected chi connectivity index (χ0v) is 83.2. The molecule has 4 saturated heterocycles. The van der Waals surface area contributed by atoms with Crippen LogP contribution in [0.15, 0.2) is 36.4 Å². The number of Topliss-reactive ketones (excluding diaryl/α,β-unsaturated/α-hetero) is 1. The molecule has 6 rings (SSSR count). The number of anilines is 1. The van der Waals surface area contributed by atoms with Gasteiger partial charge in [-0.1, -0.05) is 27.7 Å². The van der Waals surface area contributed by atoms with E-state index in [0.29, 0.717) is 0 Å². The third kappa shape index (κ3) is 43.1. The fraction of sp³-hybridized carbons (Fsp3) is 0.663. The van der Waals surface area contributed by atoms with Crippen molar-refractivity contribution in [1.29, 1.82) is 0 Å². The molecule has 12 N–H and O–H groups in total. The number of halogens is 3. The van der Waals surface area contributed by atoms with Crippen LogP contribution in [0.25, 0.3) is 0 Å². The Morgan fingerprint density at radius 2 is 0.726 bits per heavy atom. The Morgan fingerprint density at radius 1 is 0.370 bits per heavy atom. The van der Waals surface area contributed by atoms with Crippen molar-refractivity contribution in [3.8, 4) is 0 Å². The standard InChI is InChI=1S/C92H131F3N10O41/c1-46-68(42-135-52(7)108)143-89(74(102-50(5)106)78(46)139-56(11)112)133-31-27-129-22-18-97-83(122)62-34-60(33-61(36-62)82(121)96-17-21-128-26-30-132-88-49(4)80(141-58(13)114)81(142-59(14)115)71(146-88)45-138-55(10)111)35-66(116)40-100-72(117)16-15-67(105-91(126)92(93,94)95)86(125)101-41-73(118)104-65-38-63(84(123)98-19-23-127-25-29-131-87-48(3)76(119)77(120)70(145-87)44-137-54(9)110)37-64(39-65)85(124)99-20-24-130-28-32-134-90-75(103-51(6)107)79(140-57(12)113)47(2)69(144-90)43-136-53(8)109/h33-34,36-39,46-49,67-71,74-81,87-90,119-120H,15-32,35,40-45H2,1-14H3,(H,96,121)(H,97,122)(H,98,123)(H,99,124)(H,100,117)(H,101,125)(H,102,106)(H,103,107)(H,104,118)(H,105,126)/t46-,47-,48+,49+,67-,68+,69+,70+,71+,74+,75+,76+,77-,78-,79-,80+,81-,87?,88?,89?,90?/m0/s1. The van der Waals surface area contributed by atoms with Crippen molar-refractivity contribution in [1.82, 2.24) is 47.9 Å². The van der Waals surface area contributed by atoms with E-state index in [2.05, 4.69) is 47.9 Å². The van der Waals surface area contributed by atoms with Crippen LogP contribution in [0.1, 0.15) is 157 Å². The number of carbonyl (C=O) groups is 19. The summed E-state index contributed by atoms with van der Waals surface area (Å²) in [5.74, 6) is -19.5. The van der Waals surface area contributed by atoms with E-state index in [4.69, 9.17) is 94.7 Å². The van der Waals surface area contributed by atoms with Gasteiger partial charge in [-0.25, -0.2) is 0 Å². The summed E-state index contributed by atoms with van der Waals surface area (Å²) < 4.78 is 154. The van der Waals surface area contributed by atoms with E-state index in [1.807, 2.05) is 0 Å². The van der Waals surface area contributed by atoms with Gasteiger partial charge in [-0.15, -0.1) is 0 Å². The molecule has 0 radical (unpaired) electrons. The maximum Gasteiger partial charge on any atom is 0.471 e. The summed E-state index contributed by atoms with van der Waals surface area (Å²) in [6, 6.07) is 2.73. The summed E-state index contributed by atoms with van der Waals surface area (Å²) >= 11 is 0. The Hall–Kier alpha value is -12.2. The lowest BCUT2D eigenvalue weighted by molar-refractivity contribution is -0.290. The number of ether oxygens (including phenoxy) is 20. The predicted octanol–water partition coefficient (Wildman–Crippen LogP) is -2.30. The predicted molar refractivity (Wildman–Crippen MR) is 487 cm³/mol. The normalized spacial score (nSPS) is 23.9. The van der Waals surface area contributed by atoms with Crippen molar-refractivity contribution in [3.63, 3.8) is 0 Å². The molecule has 0 spiro atoms. The van der Waals surface area contributed by atoms with E-state index in [9.17, 15) is 114 Å². The Balaban J connectivity index is 1.11. The highest BCUT2D eigenvalue weighted by atomic mass is 19.4. The van der Waals surface area contributed by atoms with E-state index < -0.39 is 286 Å². The molecule has 4 heterocycles.